The molecule has 2 fully saturated rings. The SMILES string of the molecule is Cn1c(N2CCN[C@@H](c3ccc(N4CCCC4)cc3)C2)nc(-c2ccncn2)cc1=O. The number of hydrogen-bond donors (Lipinski definition) is 1. The van der Waals surface area contributed by atoms with E-state index < -0.39 is 0 Å². The molecule has 2 saturated heterocycles. The van der Waals surface area contributed by atoms with E-state index in [4.69, 9.17) is 4.98 Å². The zero-order valence-corrected chi connectivity index (χ0v) is 17.7. The Hall–Kier alpha value is -3.26. The van der Waals surface area contributed by atoms with Crippen molar-refractivity contribution in [2.24, 2.45) is 7.05 Å². The van der Waals surface area contributed by atoms with Crippen molar-refractivity contribution < 1.29 is 0 Å². The Morgan fingerprint density at radius 2 is 1.81 bits per heavy atom. The maximum atomic E-state index is 12.6. The molecule has 2 aliphatic rings. The monoisotopic (exact) mass is 417 g/mol. The third-order valence-corrected chi connectivity index (χ3v) is 6.18. The van der Waals surface area contributed by atoms with Gasteiger partial charge in [0.2, 0.25) is 5.95 Å². The average Bonchev–Trinajstić information content (AvgIpc) is 3.37. The number of rotatable bonds is 4. The van der Waals surface area contributed by atoms with Crippen molar-refractivity contribution in [2.45, 2.75) is 18.9 Å². The number of piperazine rings is 1. The molecule has 31 heavy (non-hydrogen) atoms. The van der Waals surface area contributed by atoms with Crippen LogP contribution in [0.3, 0.4) is 0 Å². The summed E-state index contributed by atoms with van der Waals surface area (Å²) >= 11 is 0. The molecular formula is C23H27N7O. The van der Waals surface area contributed by atoms with Gasteiger partial charge in [-0.05, 0) is 36.6 Å². The first-order chi connectivity index (χ1) is 15.2. The van der Waals surface area contributed by atoms with Crippen molar-refractivity contribution in [3.8, 4) is 11.4 Å². The Kier molecular flexibility index (Phi) is 5.38. The van der Waals surface area contributed by atoms with E-state index in [2.05, 4.69) is 49.4 Å². The molecule has 1 atom stereocenters. The zero-order chi connectivity index (χ0) is 21.2. The van der Waals surface area contributed by atoms with Gasteiger partial charge in [-0.25, -0.2) is 15.0 Å². The van der Waals surface area contributed by atoms with Gasteiger partial charge in [0.25, 0.3) is 5.56 Å². The molecule has 0 saturated carbocycles. The highest BCUT2D eigenvalue weighted by Crippen LogP contribution is 2.26. The fraction of sp³-hybridized carbons (Fsp3) is 0.391. The van der Waals surface area contributed by atoms with Crippen molar-refractivity contribution in [1.82, 2.24) is 24.8 Å². The molecule has 0 aliphatic carbocycles. The number of nitrogens with zero attached hydrogens (tertiary/aromatic N) is 6. The zero-order valence-electron chi connectivity index (χ0n) is 17.7. The van der Waals surface area contributed by atoms with Gasteiger partial charge in [0.15, 0.2) is 0 Å². The van der Waals surface area contributed by atoms with Gasteiger partial charge in [-0.2, -0.15) is 0 Å². The Labute approximate surface area is 181 Å². The molecule has 3 aromatic rings. The lowest BCUT2D eigenvalue weighted by molar-refractivity contribution is 0.462. The lowest BCUT2D eigenvalue weighted by Gasteiger charge is -2.35. The van der Waals surface area contributed by atoms with Crippen molar-refractivity contribution >= 4 is 11.6 Å². The second-order valence-corrected chi connectivity index (χ2v) is 8.17. The lowest BCUT2D eigenvalue weighted by Crippen LogP contribution is -2.47. The number of nitrogens with one attached hydrogen (secondary N) is 1. The van der Waals surface area contributed by atoms with Gasteiger partial charge in [0.05, 0.1) is 11.4 Å². The van der Waals surface area contributed by atoms with Gasteiger partial charge < -0.3 is 15.1 Å². The number of hydrogen-bond acceptors (Lipinski definition) is 7. The Morgan fingerprint density at radius 3 is 2.55 bits per heavy atom. The average molecular weight is 418 g/mol. The molecule has 1 N–H and O–H groups in total. The van der Waals surface area contributed by atoms with E-state index in [1.54, 1.807) is 23.9 Å². The van der Waals surface area contributed by atoms with Crippen LogP contribution in [0.4, 0.5) is 11.6 Å². The summed E-state index contributed by atoms with van der Waals surface area (Å²) in [5.74, 6) is 0.668. The molecule has 0 unspecified atom stereocenters. The first-order valence-electron chi connectivity index (χ1n) is 10.9. The van der Waals surface area contributed by atoms with Gasteiger partial charge in [-0.1, -0.05) is 12.1 Å². The van der Waals surface area contributed by atoms with E-state index in [0.29, 0.717) is 17.3 Å². The molecule has 0 bridgehead atoms. The predicted molar refractivity (Wildman–Crippen MR) is 121 cm³/mol. The molecule has 8 nitrogen and oxygen atoms in total. The molecule has 4 heterocycles. The number of benzene rings is 1. The summed E-state index contributed by atoms with van der Waals surface area (Å²) in [6.07, 6.45) is 5.69. The molecule has 160 valence electrons. The molecule has 0 amide bonds. The van der Waals surface area contributed by atoms with Crippen molar-refractivity contribution in [2.75, 3.05) is 42.5 Å². The highest BCUT2D eigenvalue weighted by atomic mass is 16.1. The summed E-state index contributed by atoms with van der Waals surface area (Å²) in [6.45, 7) is 4.66. The standard InChI is InChI=1S/C23H27N7O/c1-28-22(31)14-20(19-8-9-24-16-26-19)27-23(28)30-13-10-25-21(15-30)17-4-6-18(7-5-17)29-11-2-3-12-29/h4-9,14,16,21,25H,2-3,10-13,15H2,1H3/t21-/m1/s1. The van der Waals surface area contributed by atoms with Crippen LogP contribution in [-0.2, 0) is 7.05 Å². The fourth-order valence-corrected chi connectivity index (χ4v) is 4.43. The third-order valence-electron chi connectivity index (χ3n) is 6.18. The normalized spacial score (nSPS) is 19.1. The Bertz CT molecular complexity index is 1090. The summed E-state index contributed by atoms with van der Waals surface area (Å²) in [4.78, 5) is 30.2. The fourth-order valence-electron chi connectivity index (χ4n) is 4.43. The lowest BCUT2D eigenvalue weighted by atomic mass is 10.0. The number of anilines is 2. The van der Waals surface area contributed by atoms with Gasteiger partial charge >= 0.3 is 0 Å². The predicted octanol–water partition coefficient (Wildman–Crippen LogP) is 1.99. The minimum atomic E-state index is -0.0938. The second kappa shape index (κ2) is 8.47. The van der Waals surface area contributed by atoms with Crippen LogP contribution in [-0.4, -0.2) is 52.2 Å². The van der Waals surface area contributed by atoms with Crippen LogP contribution in [0, 0.1) is 0 Å². The Morgan fingerprint density at radius 1 is 1.00 bits per heavy atom. The molecule has 8 heteroatoms. The van der Waals surface area contributed by atoms with E-state index in [9.17, 15) is 4.79 Å². The molecule has 5 rings (SSSR count). The summed E-state index contributed by atoms with van der Waals surface area (Å²) in [7, 11) is 1.77. The van der Waals surface area contributed by atoms with E-state index in [-0.39, 0.29) is 11.6 Å². The largest absolute Gasteiger partial charge is 0.372 e. The summed E-state index contributed by atoms with van der Waals surface area (Å²) in [5.41, 5.74) is 3.69. The first kappa shape index (κ1) is 19.7. The van der Waals surface area contributed by atoms with Gasteiger partial charge in [0.1, 0.15) is 6.33 Å². The van der Waals surface area contributed by atoms with Crippen LogP contribution in [0.15, 0.2) is 53.7 Å². The second-order valence-electron chi connectivity index (χ2n) is 8.17. The molecule has 2 aliphatic heterocycles. The van der Waals surface area contributed by atoms with Crippen molar-refractivity contribution in [1.29, 1.82) is 0 Å². The minimum Gasteiger partial charge on any atom is -0.372 e. The van der Waals surface area contributed by atoms with E-state index >= 15 is 0 Å². The number of aromatic nitrogens is 4. The van der Waals surface area contributed by atoms with Crippen LogP contribution >= 0.6 is 0 Å². The highest BCUT2D eigenvalue weighted by Gasteiger charge is 2.24. The summed E-state index contributed by atoms with van der Waals surface area (Å²) in [6, 6.07) is 12.4. The molecule has 2 aromatic heterocycles. The van der Waals surface area contributed by atoms with Gasteiger partial charge in [-0.3, -0.25) is 9.36 Å². The minimum absolute atomic E-state index is 0.0938. The van der Waals surface area contributed by atoms with Crippen molar-refractivity contribution in [3.05, 3.63) is 64.8 Å². The maximum Gasteiger partial charge on any atom is 0.255 e. The summed E-state index contributed by atoms with van der Waals surface area (Å²) < 4.78 is 1.61. The van der Waals surface area contributed by atoms with Gasteiger partial charge in [-0.15, -0.1) is 0 Å². The van der Waals surface area contributed by atoms with E-state index in [1.807, 2.05) is 0 Å². The Balaban J connectivity index is 1.39. The van der Waals surface area contributed by atoms with Crippen molar-refractivity contribution in [3.63, 3.8) is 0 Å². The van der Waals surface area contributed by atoms with Gasteiger partial charge in [0, 0.05) is 63.8 Å². The molecule has 0 spiro atoms. The molecule has 0 radical (unpaired) electrons. The first-order valence-corrected chi connectivity index (χ1v) is 10.9. The highest BCUT2D eigenvalue weighted by molar-refractivity contribution is 5.55. The van der Waals surface area contributed by atoms with Crippen LogP contribution in [0.25, 0.3) is 11.4 Å². The topological polar surface area (TPSA) is 79.2 Å². The van der Waals surface area contributed by atoms with Crippen LogP contribution in [0.1, 0.15) is 24.4 Å². The van der Waals surface area contributed by atoms with Crippen LogP contribution in [0.2, 0.25) is 0 Å². The molecule has 1 aromatic carbocycles. The smallest absolute Gasteiger partial charge is 0.255 e. The maximum absolute atomic E-state index is 12.6. The molecular weight excluding hydrogens is 390 g/mol. The quantitative estimate of drug-likeness (QED) is 0.695. The third kappa shape index (κ3) is 4.03. The van der Waals surface area contributed by atoms with Crippen LogP contribution in [0.5, 0.6) is 0 Å². The van der Waals surface area contributed by atoms with E-state index in [1.165, 1.54) is 36.5 Å². The van der Waals surface area contributed by atoms with Crippen LogP contribution < -0.4 is 20.7 Å². The van der Waals surface area contributed by atoms with E-state index in [0.717, 1.165) is 32.7 Å². The summed E-state index contributed by atoms with van der Waals surface area (Å²) in [5, 5.41) is 3.61.